The second kappa shape index (κ2) is 4.69. The Morgan fingerprint density at radius 2 is 2.00 bits per heavy atom. The first-order valence-corrected chi connectivity index (χ1v) is 6.53. The Labute approximate surface area is 114 Å². The Bertz CT molecular complexity index is 635. The van der Waals surface area contributed by atoms with E-state index >= 15 is 0 Å². The highest BCUT2D eigenvalue weighted by molar-refractivity contribution is 9.10. The number of benzene rings is 1. The first kappa shape index (κ1) is 13.0. The molecule has 2 aromatic rings. The number of nitrogens with zero attached hydrogens (tertiary/aromatic N) is 1. The van der Waals surface area contributed by atoms with Crippen molar-refractivity contribution >= 4 is 32.8 Å². The lowest BCUT2D eigenvalue weighted by molar-refractivity contribution is 0.0699. The summed E-state index contributed by atoms with van der Waals surface area (Å²) in [6.45, 7) is 5.96. The smallest absolute Gasteiger partial charge is 0.336 e. The number of hydrogen-bond acceptors (Lipinski definition) is 2. The zero-order chi connectivity index (χ0) is 13.4. The van der Waals surface area contributed by atoms with Crippen molar-refractivity contribution in [3.8, 4) is 0 Å². The van der Waals surface area contributed by atoms with E-state index in [1.165, 1.54) is 0 Å². The van der Waals surface area contributed by atoms with E-state index < -0.39 is 5.97 Å². The Balaban J connectivity index is 2.88. The van der Waals surface area contributed by atoms with Gasteiger partial charge in [0, 0.05) is 15.6 Å². The summed E-state index contributed by atoms with van der Waals surface area (Å²) < 4.78 is 0.843. The van der Waals surface area contributed by atoms with Crippen LogP contribution in [0.1, 0.15) is 41.4 Å². The first-order chi connectivity index (χ1) is 8.40. The molecular weight excluding hydrogens is 294 g/mol. The van der Waals surface area contributed by atoms with E-state index in [9.17, 15) is 9.90 Å². The summed E-state index contributed by atoms with van der Waals surface area (Å²) in [5.74, 6) is -0.577. The molecule has 0 radical (unpaired) electrons. The topological polar surface area (TPSA) is 50.2 Å². The molecule has 2 rings (SSSR count). The molecule has 0 atom stereocenters. The molecule has 18 heavy (non-hydrogen) atoms. The van der Waals surface area contributed by atoms with Crippen LogP contribution >= 0.6 is 15.9 Å². The van der Waals surface area contributed by atoms with Crippen molar-refractivity contribution in [1.29, 1.82) is 0 Å². The van der Waals surface area contributed by atoms with Gasteiger partial charge in [0.1, 0.15) is 0 Å². The molecule has 1 aromatic carbocycles. The zero-order valence-corrected chi connectivity index (χ0v) is 12.1. The molecule has 1 heterocycles. The van der Waals surface area contributed by atoms with Gasteiger partial charge in [0.2, 0.25) is 0 Å². The third-order valence-electron chi connectivity index (χ3n) is 2.91. The number of fused-ring (bicyclic) bond motifs is 1. The third-order valence-corrected chi connectivity index (χ3v) is 3.52. The van der Waals surface area contributed by atoms with Gasteiger partial charge in [0.05, 0.1) is 11.1 Å². The largest absolute Gasteiger partial charge is 0.478 e. The van der Waals surface area contributed by atoms with Crippen molar-refractivity contribution < 1.29 is 9.90 Å². The van der Waals surface area contributed by atoms with Crippen LogP contribution in [0.15, 0.2) is 22.7 Å². The van der Waals surface area contributed by atoms with Crippen LogP contribution < -0.4 is 0 Å². The molecule has 94 valence electrons. The lowest BCUT2D eigenvalue weighted by Crippen LogP contribution is -2.01. The summed E-state index contributed by atoms with van der Waals surface area (Å²) in [5.41, 5.74) is 2.82. The van der Waals surface area contributed by atoms with Crippen LogP contribution in [0.2, 0.25) is 0 Å². The zero-order valence-electron chi connectivity index (χ0n) is 10.5. The van der Waals surface area contributed by atoms with Crippen LogP contribution in [-0.2, 0) is 0 Å². The van der Waals surface area contributed by atoms with E-state index in [1.807, 2.05) is 12.1 Å². The molecule has 0 aliphatic rings. The van der Waals surface area contributed by atoms with Gasteiger partial charge in [-0.2, -0.15) is 0 Å². The first-order valence-electron chi connectivity index (χ1n) is 5.74. The molecule has 0 unspecified atom stereocenters. The molecule has 3 nitrogen and oxygen atoms in total. The maximum atomic E-state index is 11.3. The van der Waals surface area contributed by atoms with Gasteiger partial charge in [0.15, 0.2) is 0 Å². The fourth-order valence-corrected chi connectivity index (χ4v) is 2.51. The maximum Gasteiger partial charge on any atom is 0.336 e. The quantitative estimate of drug-likeness (QED) is 0.907. The predicted octanol–water partition coefficient (Wildman–Crippen LogP) is 4.13. The molecule has 1 N–H and O–H groups in total. The van der Waals surface area contributed by atoms with Crippen molar-refractivity contribution in [3.63, 3.8) is 0 Å². The van der Waals surface area contributed by atoms with Crippen LogP contribution in [0.4, 0.5) is 0 Å². The molecule has 0 bridgehead atoms. The van der Waals surface area contributed by atoms with Crippen LogP contribution in [0, 0.1) is 6.92 Å². The number of rotatable bonds is 2. The van der Waals surface area contributed by atoms with E-state index in [0.717, 1.165) is 10.0 Å². The van der Waals surface area contributed by atoms with Crippen molar-refractivity contribution in [2.75, 3.05) is 0 Å². The van der Waals surface area contributed by atoms with Gasteiger partial charge in [-0.1, -0.05) is 13.8 Å². The number of pyridine rings is 1. The second-order valence-electron chi connectivity index (χ2n) is 4.67. The van der Waals surface area contributed by atoms with Gasteiger partial charge >= 0.3 is 5.97 Å². The number of halogens is 1. The van der Waals surface area contributed by atoms with Gasteiger partial charge in [-0.3, -0.25) is 4.98 Å². The van der Waals surface area contributed by atoms with Crippen LogP contribution in [0.5, 0.6) is 0 Å². The minimum Gasteiger partial charge on any atom is -0.478 e. The van der Waals surface area contributed by atoms with Gasteiger partial charge in [0.25, 0.3) is 0 Å². The highest BCUT2D eigenvalue weighted by Gasteiger charge is 2.14. The SMILES string of the molecule is Cc1cc(C(=O)O)c2cc(C(C)C)cc(Br)c2n1. The highest BCUT2D eigenvalue weighted by Crippen LogP contribution is 2.30. The summed E-state index contributed by atoms with van der Waals surface area (Å²) in [5, 5.41) is 9.97. The van der Waals surface area contributed by atoms with Crippen LogP contribution in [-0.4, -0.2) is 16.1 Å². The van der Waals surface area contributed by atoms with Gasteiger partial charge in [-0.15, -0.1) is 0 Å². The van der Waals surface area contributed by atoms with E-state index in [2.05, 4.69) is 34.8 Å². The molecule has 1 aromatic heterocycles. The second-order valence-corrected chi connectivity index (χ2v) is 5.52. The number of aromatic nitrogens is 1. The monoisotopic (exact) mass is 307 g/mol. The third kappa shape index (κ3) is 2.25. The number of carbonyl (C=O) groups is 1. The molecule has 0 spiro atoms. The predicted molar refractivity (Wildman–Crippen MR) is 75.2 cm³/mol. The number of carboxylic acids is 1. The van der Waals surface area contributed by atoms with Gasteiger partial charge < -0.3 is 5.11 Å². The number of aryl methyl sites for hydroxylation is 1. The number of aromatic carboxylic acids is 1. The fourth-order valence-electron chi connectivity index (χ4n) is 1.94. The van der Waals surface area contributed by atoms with E-state index in [-0.39, 0.29) is 0 Å². The van der Waals surface area contributed by atoms with E-state index in [0.29, 0.717) is 28.1 Å². The molecule has 0 saturated heterocycles. The van der Waals surface area contributed by atoms with Crippen molar-refractivity contribution in [2.45, 2.75) is 26.7 Å². The Morgan fingerprint density at radius 3 is 2.56 bits per heavy atom. The summed E-state index contributed by atoms with van der Waals surface area (Å²) in [4.78, 5) is 15.7. The van der Waals surface area contributed by atoms with Crippen LogP contribution in [0.25, 0.3) is 10.9 Å². The Morgan fingerprint density at radius 1 is 1.33 bits per heavy atom. The lowest BCUT2D eigenvalue weighted by Gasteiger charge is -2.11. The van der Waals surface area contributed by atoms with Crippen molar-refractivity contribution in [3.05, 3.63) is 39.5 Å². The standard InChI is InChI=1S/C14H14BrNO2/c1-7(2)9-5-10-11(14(17)18)4-8(3)16-13(10)12(15)6-9/h4-7H,1-3H3,(H,17,18). The summed E-state index contributed by atoms with van der Waals surface area (Å²) in [7, 11) is 0. The molecule has 0 amide bonds. The van der Waals surface area contributed by atoms with Gasteiger partial charge in [-0.05, 0) is 52.5 Å². The van der Waals surface area contributed by atoms with Crippen molar-refractivity contribution in [1.82, 2.24) is 4.98 Å². The summed E-state index contributed by atoms with van der Waals surface area (Å²) >= 11 is 3.48. The van der Waals surface area contributed by atoms with E-state index in [1.54, 1.807) is 13.0 Å². The molecule has 0 saturated carbocycles. The Hall–Kier alpha value is -1.42. The normalized spacial score (nSPS) is 11.2. The highest BCUT2D eigenvalue weighted by atomic mass is 79.9. The minimum atomic E-state index is -0.918. The van der Waals surface area contributed by atoms with Gasteiger partial charge in [-0.25, -0.2) is 4.79 Å². The summed E-state index contributed by atoms with van der Waals surface area (Å²) in [6, 6.07) is 5.53. The molecule has 4 heteroatoms. The number of carboxylic acid groups (broad SMARTS) is 1. The summed E-state index contributed by atoms with van der Waals surface area (Å²) in [6.07, 6.45) is 0. The molecule has 0 aliphatic carbocycles. The van der Waals surface area contributed by atoms with Crippen LogP contribution in [0.3, 0.4) is 0 Å². The molecule has 0 aliphatic heterocycles. The average molecular weight is 308 g/mol. The Kier molecular flexibility index (Phi) is 3.39. The van der Waals surface area contributed by atoms with Crippen molar-refractivity contribution in [2.24, 2.45) is 0 Å². The number of hydrogen-bond donors (Lipinski definition) is 1. The molecule has 0 fully saturated rings. The van der Waals surface area contributed by atoms with E-state index in [4.69, 9.17) is 0 Å². The molecular formula is C14H14BrNO2. The minimum absolute atomic E-state index is 0.306. The fraction of sp³-hybridized carbons (Fsp3) is 0.286. The lowest BCUT2D eigenvalue weighted by atomic mass is 9.98. The maximum absolute atomic E-state index is 11.3. The average Bonchev–Trinajstić information content (AvgIpc) is 2.28.